The molecule has 7 rings (SSSR count). The van der Waals surface area contributed by atoms with E-state index in [2.05, 4.69) is 15.3 Å². The van der Waals surface area contributed by atoms with Crippen LogP contribution in [0.4, 0.5) is 18.9 Å². The van der Waals surface area contributed by atoms with E-state index in [1.807, 2.05) is 20.8 Å². The quantitative estimate of drug-likeness (QED) is 0.278. The van der Waals surface area contributed by atoms with E-state index in [4.69, 9.17) is 14.0 Å². The number of anilines is 1. The summed E-state index contributed by atoms with van der Waals surface area (Å²) >= 11 is 0. The Hall–Kier alpha value is -3.24. The molecule has 2 heterocycles. The predicted molar refractivity (Wildman–Crippen MR) is 151 cm³/mol. The number of benzene rings is 1. The van der Waals surface area contributed by atoms with Gasteiger partial charge in [0.15, 0.2) is 11.6 Å². The normalized spacial score (nSPS) is 27.1. The number of carbonyl (C=O) groups is 1. The molecule has 0 radical (unpaired) electrons. The summed E-state index contributed by atoms with van der Waals surface area (Å²) in [7, 11) is 0. The predicted octanol–water partition coefficient (Wildman–Crippen LogP) is 7.49. The second-order valence-corrected chi connectivity index (χ2v) is 14.6. The number of aromatic nitrogens is 4. The van der Waals surface area contributed by atoms with Gasteiger partial charge in [-0.05, 0) is 81.4 Å². The number of hydrogen-bond donors (Lipinski definition) is 0. The van der Waals surface area contributed by atoms with Crippen LogP contribution >= 0.6 is 0 Å². The van der Waals surface area contributed by atoms with E-state index in [1.165, 1.54) is 12.1 Å². The van der Waals surface area contributed by atoms with Crippen molar-refractivity contribution in [1.29, 1.82) is 0 Å². The third-order valence-electron chi connectivity index (χ3n) is 10.2. The molecule has 230 valence electrons. The van der Waals surface area contributed by atoms with Crippen LogP contribution in [0.5, 0.6) is 0 Å². The highest BCUT2D eigenvalue weighted by molar-refractivity contribution is 5.95. The summed E-state index contributed by atoms with van der Waals surface area (Å²) in [4.78, 5) is 25.1. The molecule has 2 bridgehead atoms. The van der Waals surface area contributed by atoms with Gasteiger partial charge in [-0.15, -0.1) is 0 Å². The van der Waals surface area contributed by atoms with Crippen LogP contribution in [-0.4, -0.2) is 38.7 Å². The topological polar surface area (TPSA) is 98.2 Å². The summed E-state index contributed by atoms with van der Waals surface area (Å²) in [6, 6.07) is 4.39. The lowest BCUT2D eigenvalue weighted by Gasteiger charge is -2.37. The number of rotatable bonds is 7. The number of carbonyl (C=O) groups excluding carboxylic acids is 1. The number of nitrogens with zero attached hydrogens (tertiary/aromatic N) is 5. The van der Waals surface area contributed by atoms with Gasteiger partial charge in [-0.1, -0.05) is 31.1 Å². The van der Waals surface area contributed by atoms with Crippen molar-refractivity contribution in [3.8, 4) is 11.5 Å². The molecule has 1 aromatic carbocycles. The molecule has 0 spiro atoms. The first kappa shape index (κ1) is 28.5. The van der Waals surface area contributed by atoms with Crippen LogP contribution in [0.3, 0.4) is 0 Å². The molecule has 1 amide bonds. The minimum Gasteiger partial charge on any atom is -0.339 e. The molecule has 4 aliphatic carbocycles. The monoisotopic (exact) mass is 597 g/mol. The lowest BCUT2D eigenvalue weighted by molar-refractivity contribution is -0.126. The maximum absolute atomic E-state index is 15.2. The average Bonchev–Trinajstić information content (AvgIpc) is 3.34. The van der Waals surface area contributed by atoms with Crippen molar-refractivity contribution >= 4 is 11.6 Å². The SMILES string of the molecule is CC(C)(C)c1noc(C23CCC(CN(C(=O)C4CCC(F)(F)CC4)c4cc(F)cc(-c5nc(C6CC6)no5)c4)(CC2)C3)n1. The lowest BCUT2D eigenvalue weighted by atomic mass is 9.81. The van der Waals surface area contributed by atoms with Crippen LogP contribution in [-0.2, 0) is 15.6 Å². The molecule has 0 aliphatic heterocycles. The van der Waals surface area contributed by atoms with Gasteiger partial charge in [-0.3, -0.25) is 4.79 Å². The molecule has 0 atom stereocenters. The average molecular weight is 598 g/mol. The lowest BCUT2D eigenvalue weighted by Crippen LogP contribution is -2.44. The molecule has 3 aromatic rings. The van der Waals surface area contributed by atoms with Gasteiger partial charge in [0.25, 0.3) is 5.89 Å². The third-order valence-corrected chi connectivity index (χ3v) is 10.2. The smallest absolute Gasteiger partial charge is 0.258 e. The summed E-state index contributed by atoms with van der Waals surface area (Å²) in [6.45, 7) is 6.50. The summed E-state index contributed by atoms with van der Waals surface area (Å²) in [5.41, 5.74) is 0.0526. The van der Waals surface area contributed by atoms with Gasteiger partial charge in [-0.25, -0.2) is 13.2 Å². The van der Waals surface area contributed by atoms with Crippen LogP contribution in [0.25, 0.3) is 11.5 Å². The van der Waals surface area contributed by atoms with Gasteiger partial charge < -0.3 is 13.9 Å². The zero-order valence-electron chi connectivity index (χ0n) is 25.0. The molecule has 0 N–H and O–H groups in total. The molecule has 11 heteroatoms. The van der Waals surface area contributed by atoms with Crippen LogP contribution < -0.4 is 4.90 Å². The van der Waals surface area contributed by atoms with Crippen LogP contribution in [0.15, 0.2) is 27.2 Å². The van der Waals surface area contributed by atoms with E-state index in [9.17, 15) is 13.6 Å². The minimum absolute atomic E-state index is 0.105. The van der Waals surface area contributed by atoms with E-state index in [0.717, 1.165) is 44.9 Å². The van der Waals surface area contributed by atoms with Crippen LogP contribution in [0, 0.1) is 17.2 Å². The van der Waals surface area contributed by atoms with Crippen molar-refractivity contribution in [2.24, 2.45) is 11.3 Å². The Balaban J connectivity index is 1.20. The van der Waals surface area contributed by atoms with Crippen molar-refractivity contribution in [1.82, 2.24) is 20.3 Å². The Kier molecular flexibility index (Phi) is 6.56. The summed E-state index contributed by atoms with van der Waals surface area (Å²) in [5, 5.41) is 8.33. The molecule has 4 fully saturated rings. The van der Waals surface area contributed by atoms with E-state index >= 15 is 4.39 Å². The number of alkyl halides is 2. The molecule has 0 saturated heterocycles. The standard InChI is InChI=1S/C32H38F3N5O3/c1-29(2,3)27-37-28(43-39-27)31-12-10-30(17-31,11-13-31)18-40(26(41)20-6-8-32(34,35)9-7-20)23-15-21(14-22(33)16-23)25-36-24(38-42-25)19-4-5-19/h14-16,19-20H,4-13,17-18H2,1-3H3. The molecule has 4 aliphatic rings. The van der Waals surface area contributed by atoms with Crippen molar-refractivity contribution in [2.75, 3.05) is 11.4 Å². The Labute approximate surface area is 248 Å². The number of hydrogen-bond acceptors (Lipinski definition) is 7. The first-order valence-corrected chi connectivity index (χ1v) is 15.5. The molecule has 0 unspecified atom stereocenters. The van der Waals surface area contributed by atoms with Crippen LogP contribution in [0.1, 0.15) is 115 Å². The first-order valence-electron chi connectivity index (χ1n) is 15.5. The summed E-state index contributed by atoms with van der Waals surface area (Å²) in [6.07, 6.45) is 5.76. The second kappa shape index (κ2) is 9.89. The van der Waals surface area contributed by atoms with E-state index < -0.39 is 17.7 Å². The number of amides is 1. The Morgan fingerprint density at radius 1 is 0.953 bits per heavy atom. The second-order valence-electron chi connectivity index (χ2n) is 14.6. The van der Waals surface area contributed by atoms with Crippen LogP contribution in [0.2, 0.25) is 0 Å². The molecule has 43 heavy (non-hydrogen) atoms. The summed E-state index contributed by atoms with van der Waals surface area (Å²) < 4.78 is 54.5. The molecular weight excluding hydrogens is 559 g/mol. The van der Waals surface area contributed by atoms with E-state index in [-0.39, 0.29) is 59.6 Å². The van der Waals surface area contributed by atoms with Gasteiger partial charge in [0.1, 0.15) is 5.82 Å². The fraction of sp³-hybridized carbons (Fsp3) is 0.656. The molecular formula is C32H38F3N5O3. The highest BCUT2D eigenvalue weighted by Gasteiger charge is 2.58. The maximum atomic E-state index is 15.2. The summed E-state index contributed by atoms with van der Waals surface area (Å²) in [5.74, 6) is -1.65. The molecule has 4 saturated carbocycles. The Morgan fingerprint density at radius 3 is 2.33 bits per heavy atom. The maximum Gasteiger partial charge on any atom is 0.258 e. The molecule has 8 nitrogen and oxygen atoms in total. The van der Waals surface area contributed by atoms with Gasteiger partial charge in [0, 0.05) is 47.9 Å². The number of fused-ring (bicyclic) bond motifs is 2. The Bertz CT molecular complexity index is 1520. The van der Waals surface area contributed by atoms with Gasteiger partial charge in [0.2, 0.25) is 17.7 Å². The largest absolute Gasteiger partial charge is 0.339 e. The minimum atomic E-state index is -2.75. The molecule has 2 aromatic heterocycles. The fourth-order valence-electron chi connectivity index (χ4n) is 7.43. The van der Waals surface area contributed by atoms with E-state index in [1.54, 1.807) is 11.0 Å². The van der Waals surface area contributed by atoms with Crippen molar-refractivity contribution in [3.63, 3.8) is 0 Å². The van der Waals surface area contributed by atoms with Crippen molar-refractivity contribution < 1.29 is 27.0 Å². The fourth-order valence-corrected chi connectivity index (χ4v) is 7.43. The van der Waals surface area contributed by atoms with Crippen molar-refractivity contribution in [3.05, 3.63) is 41.6 Å². The number of halogens is 3. The van der Waals surface area contributed by atoms with E-state index in [0.29, 0.717) is 35.3 Å². The highest BCUT2D eigenvalue weighted by atomic mass is 19.3. The third kappa shape index (κ3) is 5.37. The van der Waals surface area contributed by atoms with Crippen molar-refractivity contribution in [2.45, 2.75) is 114 Å². The first-order chi connectivity index (χ1) is 20.3. The Morgan fingerprint density at radius 2 is 1.67 bits per heavy atom. The zero-order valence-corrected chi connectivity index (χ0v) is 25.0. The highest BCUT2D eigenvalue weighted by Crippen LogP contribution is 2.62. The van der Waals surface area contributed by atoms with Gasteiger partial charge in [-0.2, -0.15) is 9.97 Å². The zero-order chi connectivity index (χ0) is 30.2. The van der Waals surface area contributed by atoms with Gasteiger partial charge >= 0.3 is 0 Å². The van der Waals surface area contributed by atoms with Gasteiger partial charge in [0.05, 0.1) is 5.41 Å².